The Bertz CT molecular complexity index is 952. The molecule has 0 saturated carbocycles. The molecule has 0 bridgehead atoms. The Morgan fingerprint density at radius 1 is 1.04 bits per heavy atom. The highest BCUT2D eigenvalue weighted by molar-refractivity contribution is 6.13. The van der Waals surface area contributed by atoms with Gasteiger partial charge in [0.25, 0.3) is 5.69 Å². The number of hydrogen-bond acceptors (Lipinski definition) is 8. The van der Waals surface area contributed by atoms with Gasteiger partial charge in [-0.05, 0) is 6.07 Å². The van der Waals surface area contributed by atoms with Crippen molar-refractivity contribution in [3.8, 4) is 0 Å². The molecule has 2 rings (SSSR count). The molecule has 144 valence electrons. The van der Waals surface area contributed by atoms with E-state index in [1.165, 1.54) is 6.07 Å². The van der Waals surface area contributed by atoms with E-state index in [2.05, 4.69) is 14.8 Å². The molecular weight excluding hydrogens is 368 g/mol. The summed E-state index contributed by atoms with van der Waals surface area (Å²) in [5, 5.41) is 13.7. The van der Waals surface area contributed by atoms with Gasteiger partial charge in [0.15, 0.2) is 5.78 Å². The lowest BCUT2D eigenvalue weighted by atomic mass is 10.0. The fourth-order valence-corrected chi connectivity index (χ4v) is 2.27. The molecule has 0 aliphatic heterocycles. The molecular formula is C19H16N2O7. The number of methoxy groups -OCH3 is 2. The van der Waals surface area contributed by atoms with Gasteiger partial charge >= 0.3 is 11.9 Å². The summed E-state index contributed by atoms with van der Waals surface area (Å²) < 4.78 is 9.10. The second-order valence-electron chi connectivity index (χ2n) is 5.38. The number of anilines is 1. The van der Waals surface area contributed by atoms with Gasteiger partial charge in [0.2, 0.25) is 0 Å². The first kappa shape index (κ1) is 20.3. The number of hydrogen-bond donors (Lipinski definition) is 1. The highest BCUT2D eigenvalue weighted by atomic mass is 16.6. The number of nitrogens with one attached hydrogen (secondary N) is 1. The van der Waals surface area contributed by atoms with Crippen LogP contribution in [0.1, 0.15) is 15.9 Å². The Labute approximate surface area is 159 Å². The zero-order valence-electron chi connectivity index (χ0n) is 15.0. The Morgan fingerprint density at radius 2 is 1.71 bits per heavy atom. The number of benzene rings is 2. The van der Waals surface area contributed by atoms with E-state index < -0.39 is 22.6 Å². The van der Waals surface area contributed by atoms with Gasteiger partial charge in [-0.25, -0.2) is 9.59 Å². The van der Waals surface area contributed by atoms with Crippen LogP contribution in [-0.4, -0.2) is 36.9 Å². The van der Waals surface area contributed by atoms with Crippen LogP contribution in [-0.2, 0) is 19.1 Å². The largest absolute Gasteiger partial charge is 0.466 e. The number of nitro benzene ring substituents is 1. The summed E-state index contributed by atoms with van der Waals surface area (Å²) in [5.41, 5.74) is -0.283. The molecule has 0 amide bonds. The summed E-state index contributed by atoms with van der Waals surface area (Å²) in [5.74, 6) is -2.22. The maximum Gasteiger partial charge on any atom is 0.354 e. The zero-order chi connectivity index (χ0) is 20.7. The predicted molar refractivity (Wildman–Crippen MR) is 98.7 cm³/mol. The number of carbonyl (C=O) groups excluding carboxylic acids is 3. The highest BCUT2D eigenvalue weighted by Gasteiger charge is 2.21. The van der Waals surface area contributed by atoms with Crippen LogP contribution in [0.5, 0.6) is 0 Å². The maximum absolute atomic E-state index is 12.9. The predicted octanol–water partition coefficient (Wildman–Crippen LogP) is 2.47. The first-order valence-electron chi connectivity index (χ1n) is 7.90. The second kappa shape index (κ2) is 9.08. The standard InChI is InChI=1S/C19H16N2O7/c1-27-17(22)11-16(19(24)28-2)20-15-9-8-13(21(25)26)10-14(15)18(23)12-6-4-3-5-7-12/h3-11,20H,1-2H3/b16-11+. The summed E-state index contributed by atoms with van der Waals surface area (Å²) >= 11 is 0. The molecule has 0 spiro atoms. The molecule has 0 aliphatic carbocycles. The molecule has 0 heterocycles. The zero-order valence-corrected chi connectivity index (χ0v) is 15.0. The summed E-state index contributed by atoms with van der Waals surface area (Å²) in [7, 11) is 2.24. The molecule has 0 radical (unpaired) electrons. The minimum absolute atomic E-state index is 0.0555. The number of nitro groups is 1. The fourth-order valence-electron chi connectivity index (χ4n) is 2.27. The van der Waals surface area contributed by atoms with Crippen LogP contribution in [0.4, 0.5) is 11.4 Å². The first-order chi connectivity index (χ1) is 13.4. The van der Waals surface area contributed by atoms with Crippen LogP contribution in [0.3, 0.4) is 0 Å². The van der Waals surface area contributed by atoms with Crippen molar-refractivity contribution in [3.63, 3.8) is 0 Å². The molecule has 9 nitrogen and oxygen atoms in total. The quantitative estimate of drug-likeness (QED) is 0.254. The normalized spacial score (nSPS) is 10.7. The lowest BCUT2D eigenvalue weighted by molar-refractivity contribution is -0.384. The number of carbonyl (C=O) groups is 3. The van der Waals surface area contributed by atoms with Gasteiger partial charge < -0.3 is 14.8 Å². The van der Waals surface area contributed by atoms with E-state index in [0.29, 0.717) is 5.56 Å². The smallest absolute Gasteiger partial charge is 0.354 e. The molecule has 28 heavy (non-hydrogen) atoms. The molecule has 0 atom stereocenters. The first-order valence-corrected chi connectivity index (χ1v) is 7.90. The van der Waals surface area contributed by atoms with E-state index in [-0.39, 0.29) is 22.6 Å². The van der Waals surface area contributed by atoms with E-state index in [1.54, 1.807) is 30.3 Å². The number of non-ortho nitro benzene ring substituents is 1. The minimum Gasteiger partial charge on any atom is -0.466 e. The molecule has 9 heteroatoms. The second-order valence-corrected chi connectivity index (χ2v) is 5.38. The minimum atomic E-state index is -0.887. The molecule has 2 aromatic rings. The third-order valence-electron chi connectivity index (χ3n) is 3.63. The monoisotopic (exact) mass is 384 g/mol. The summed E-state index contributed by atoms with van der Waals surface area (Å²) in [6.07, 6.45) is 0.851. The number of rotatable bonds is 7. The third kappa shape index (κ3) is 4.79. The summed E-state index contributed by atoms with van der Waals surface area (Å²) in [6, 6.07) is 11.6. The topological polar surface area (TPSA) is 125 Å². The molecule has 0 saturated heterocycles. The van der Waals surface area contributed by atoms with Crippen molar-refractivity contribution in [2.75, 3.05) is 19.5 Å². The van der Waals surface area contributed by atoms with E-state index in [4.69, 9.17) is 0 Å². The number of esters is 2. The fraction of sp³-hybridized carbons (Fsp3) is 0.105. The van der Waals surface area contributed by atoms with E-state index in [1.807, 2.05) is 0 Å². The SMILES string of the molecule is COC(=O)/C=C(/Nc1ccc([N+](=O)[O-])cc1C(=O)c1ccccc1)C(=O)OC. The summed E-state index contributed by atoms with van der Waals surface area (Å²) in [6.45, 7) is 0. The molecule has 0 aliphatic rings. The van der Waals surface area contributed by atoms with Crippen molar-refractivity contribution in [1.82, 2.24) is 0 Å². The molecule has 0 fully saturated rings. The maximum atomic E-state index is 12.9. The van der Waals surface area contributed by atoms with Gasteiger partial charge in [-0.1, -0.05) is 30.3 Å². The van der Waals surface area contributed by atoms with Gasteiger partial charge in [0.1, 0.15) is 5.70 Å². The number of ketones is 1. The average Bonchev–Trinajstić information content (AvgIpc) is 2.72. The van der Waals surface area contributed by atoms with Gasteiger partial charge in [0, 0.05) is 17.7 Å². The molecule has 0 unspecified atom stereocenters. The van der Waals surface area contributed by atoms with E-state index in [0.717, 1.165) is 32.4 Å². The highest BCUT2D eigenvalue weighted by Crippen LogP contribution is 2.26. The Kier molecular flexibility index (Phi) is 6.58. The lowest BCUT2D eigenvalue weighted by Crippen LogP contribution is -2.17. The van der Waals surface area contributed by atoms with E-state index >= 15 is 0 Å². The van der Waals surface area contributed by atoms with Crippen molar-refractivity contribution in [2.24, 2.45) is 0 Å². The Hall–Kier alpha value is -4.01. The van der Waals surface area contributed by atoms with Gasteiger partial charge in [-0.3, -0.25) is 14.9 Å². The van der Waals surface area contributed by atoms with Crippen molar-refractivity contribution >= 4 is 29.1 Å². The van der Waals surface area contributed by atoms with Crippen LogP contribution in [0.15, 0.2) is 60.3 Å². The van der Waals surface area contributed by atoms with Crippen molar-refractivity contribution in [2.45, 2.75) is 0 Å². The van der Waals surface area contributed by atoms with Gasteiger partial charge in [0.05, 0.1) is 36.5 Å². The Morgan fingerprint density at radius 3 is 2.29 bits per heavy atom. The van der Waals surface area contributed by atoms with Gasteiger partial charge in [-0.15, -0.1) is 0 Å². The average molecular weight is 384 g/mol. The van der Waals surface area contributed by atoms with Crippen molar-refractivity contribution in [1.29, 1.82) is 0 Å². The van der Waals surface area contributed by atoms with Crippen LogP contribution in [0.2, 0.25) is 0 Å². The van der Waals surface area contributed by atoms with Crippen molar-refractivity contribution in [3.05, 3.63) is 81.5 Å². The van der Waals surface area contributed by atoms with Crippen LogP contribution >= 0.6 is 0 Å². The molecule has 0 aromatic heterocycles. The number of ether oxygens (including phenoxy) is 2. The van der Waals surface area contributed by atoms with Crippen LogP contribution in [0.25, 0.3) is 0 Å². The summed E-state index contributed by atoms with van der Waals surface area (Å²) in [4.78, 5) is 46.8. The van der Waals surface area contributed by atoms with E-state index in [9.17, 15) is 24.5 Å². The Balaban J connectivity index is 2.55. The van der Waals surface area contributed by atoms with Gasteiger partial charge in [-0.2, -0.15) is 0 Å². The lowest BCUT2D eigenvalue weighted by Gasteiger charge is -2.13. The van der Waals surface area contributed by atoms with Crippen LogP contribution in [0, 0.1) is 10.1 Å². The van der Waals surface area contributed by atoms with Crippen molar-refractivity contribution < 1.29 is 28.8 Å². The molecule has 1 N–H and O–H groups in total. The number of nitrogens with zero attached hydrogens (tertiary/aromatic N) is 1. The molecule has 2 aromatic carbocycles. The third-order valence-corrected chi connectivity index (χ3v) is 3.63. The van der Waals surface area contributed by atoms with Crippen LogP contribution < -0.4 is 5.32 Å².